The SMILES string of the molecule is CC1CCN(c2nnc(SCC(=O)NCC3CCCCC3)n2CC2CCCO2)CC1. The molecule has 1 unspecified atom stereocenters. The number of rotatable bonds is 8. The largest absolute Gasteiger partial charge is 0.376 e. The van der Waals surface area contributed by atoms with Crippen LogP contribution in [-0.2, 0) is 16.1 Å². The van der Waals surface area contributed by atoms with E-state index in [1.807, 2.05) is 0 Å². The van der Waals surface area contributed by atoms with Crippen molar-refractivity contribution in [3.8, 4) is 0 Å². The Balaban J connectivity index is 1.35. The zero-order valence-electron chi connectivity index (χ0n) is 18.4. The summed E-state index contributed by atoms with van der Waals surface area (Å²) in [7, 11) is 0. The highest BCUT2D eigenvalue weighted by Crippen LogP contribution is 2.28. The van der Waals surface area contributed by atoms with E-state index in [-0.39, 0.29) is 12.0 Å². The molecular weight excluding hydrogens is 398 g/mol. The lowest BCUT2D eigenvalue weighted by molar-refractivity contribution is -0.118. The zero-order valence-corrected chi connectivity index (χ0v) is 19.2. The van der Waals surface area contributed by atoms with Crippen LogP contribution >= 0.6 is 11.8 Å². The molecule has 30 heavy (non-hydrogen) atoms. The maximum Gasteiger partial charge on any atom is 0.230 e. The monoisotopic (exact) mass is 435 g/mol. The maximum absolute atomic E-state index is 12.4. The van der Waals surface area contributed by atoms with Crippen LogP contribution in [0.5, 0.6) is 0 Å². The molecule has 1 aromatic rings. The summed E-state index contributed by atoms with van der Waals surface area (Å²) in [5.74, 6) is 2.88. The van der Waals surface area contributed by atoms with Crippen LogP contribution < -0.4 is 10.2 Å². The number of piperidine rings is 1. The zero-order chi connectivity index (χ0) is 20.8. The smallest absolute Gasteiger partial charge is 0.230 e. The normalized spacial score (nSPS) is 23.8. The third kappa shape index (κ3) is 5.90. The van der Waals surface area contributed by atoms with Crippen molar-refractivity contribution in [2.24, 2.45) is 11.8 Å². The van der Waals surface area contributed by atoms with Crippen LogP contribution in [0.1, 0.15) is 64.7 Å². The molecule has 1 aromatic heterocycles. The third-order valence-electron chi connectivity index (χ3n) is 6.82. The number of nitrogens with zero attached hydrogens (tertiary/aromatic N) is 4. The van der Waals surface area contributed by atoms with E-state index in [0.29, 0.717) is 11.7 Å². The van der Waals surface area contributed by atoms with Crippen molar-refractivity contribution < 1.29 is 9.53 Å². The van der Waals surface area contributed by atoms with Gasteiger partial charge in [-0.05, 0) is 50.4 Å². The van der Waals surface area contributed by atoms with Crippen LogP contribution in [-0.4, -0.2) is 58.8 Å². The van der Waals surface area contributed by atoms with E-state index in [0.717, 1.165) is 62.7 Å². The van der Waals surface area contributed by atoms with Crippen molar-refractivity contribution in [1.82, 2.24) is 20.1 Å². The average Bonchev–Trinajstić information content (AvgIpc) is 3.43. The Morgan fingerprint density at radius 1 is 1.10 bits per heavy atom. The number of carbonyl (C=O) groups is 1. The van der Waals surface area contributed by atoms with Crippen LogP contribution in [0.4, 0.5) is 5.95 Å². The van der Waals surface area contributed by atoms with Gasteiger partial charge in [-0.2, -0.15) is 0 Å². The predicted octanol–water partition coefficient (Wildman–Crippen LogP) is 3.48. The molecule has 4 rings (SSSR count). The number of thioether (sulfide) groups is 1. The first-order valence-electron chi connectivity index (χ1n) is 11.9. The van der Waals surface area contributed by atoms with Gasteiger partial charge in [0.1, 0.15) is 0 Å². The van der Waals surface area contributed by atoms with Crippen LogP contribution in [0.3, 0.4) is 0 Å². The van der Waals surface area contributed by atoms with Crippen LogP contribution in [0, 0.1) is 11.8 Å². The molecule has 0 radical (unpaired) electrons. The molecule has 2 saturated heterocycles. The van der Waals surface area contributed by atoms with Crippen molar-refractivity contribution in [3.63, 3.8) is 0 Å². The topological polar surface area (TPSA) is 72.3 Å². The summed E-state index contributed by atoms with van der Waals surface area (Å²) >= 11 is 1.51. The fraction of sp³-hybridized carbons (Fsp3) is 0.864. The van der Waals surface area contributed by atoms with E-state index in [2.05, 4.69) is 31.9 Å². The van der Waals surface area contributed by atoms with Crippen molar-refractivity contribution in [1.29, 1.82) is 0 Å². The molecule has 3 fully saturated rings. The van der Waals surface area contributed by atoms with Gasteiger partial charge in [-0.1, -0.05) is 37.9 Å². The Morgan fingerprint density at radius 2 is 1.90 bits per heavy atom. The second-order valence-corrected chi connectivity index (χ2v) is 10.2. The van der Waals surface area contributed by atoms with Gasteiger partial charge >= 0.3 is 0 Å². The van der Waals surface area contributed by atoms with Crippen LogP contribution in [0.2, 0.25) is 0 Å². The molecule has 3 heterocycles. The maximum atomic E-state index is 12.4. The molecule has 0 aromatic carbocycles. The fourth-order valence-corrected chi connectivity index (χ4v) is 5.59. The number of nitrogens with one attached hydrogen (secondary N) is 1. The number of hydrogen-bond donors (Lipinski definition) is 1. The molecule has 0 bridgehead atoms. The molecule has 2 aliphatic heterocycles. The number of carbonyl (C=O) groups excluding carboxylic acids is 1. The standard InChI is InChI=1S/C22H37N5O2S/c1-17-9-11-26(12-10-17)21-24-25-22(27(21)15-19-8-5-13-29-19)30-16-20(28)23-14-18-6-3-2-4-7-18/h17-19H,2-16H2,1H3,(H,23,28). The number of amides is 1. The Bertz CT molecular complexity index is 677. The van der Waals surface area contributed by atoms with E-state index in [9.17, 15) is 4.79 Å². The quantitative estimate of drug-likeness (QED) is 0.630. The lowest BCUT2D eigenvalue weighted by Crippen LogP contribution is -2.35. The second-order valence-electron chi connectivity index (χ2n) is 9.29. The summed E-state index contributed by atoms with van der Waals surface area (Å²) in [5.41, 5.74) is 0. The molecule has 8 heteroatoms. The number of ether oxygens (including phenoxy) is 1. The van der Waals surface area contributed by atoms with Crippen molar-refractivity contribution in [2.45, 2.75) is 82.5 Å². The van der Waals surface area contributed by atoms with Crippen LogP contribution in [0.15, 0.2) is 5.16 Å². The van der Waals surface area contributed by atoms with Crippen molar-refractivity contribution in [3.05, 3.63) is 0 Å². The Labute approximate surface area is 184 Å². The van der Waals surface area contributed by atoms with E-state index in [1.165, 1.54) is 56.7 Å². The summed E-state index contributed by atoms with van der Waals surface area (Å²) in [4.78, 5) is 14.8. The van der Waals surface area contributed by atoms with Crippen LogP contribution in [0.25, 0.3) is 0 Å². The van der Waals surface area contributed by atoms with Gasteiger partial charge in [0.2, 0.25) is 11.9 Å². The minimum absolute atomic E-state index is 0.102. The summed E-state index contributed by atoms with van der Waals surface area (Å²) in [6, 6.07) is 0. The van der Waals surface area contributed by atoms with Gasteiger partial charge in [0, 0.05) is 26.2 Å². The average molecular weight is 436 g/mol. The van der Waals surface area contributed by atoms with Gasteiger partial charge in [-0.3, -0.25) is 9.36 Å². The number of hydrogen-bond acceptors (Lipinski definition) is 6. The summed E-state index contributed by atoms with van der Waals surface area (Å²) < 4.78 is 8.09. The van der Waals surface area contributed by atoms with E-state index >= 15 is 0 Å². The van der Waals surface area contributed by atoms with Crippen molar-refractivity contribution >= 4 is 23.6 Å². The summed E-state index contributed by atoms with van der Waals surface area (Å²) in [5, 5.41) is 13.0. The van der Waals surface area contributed by atoms with Gasteiger partial charge in [-0.15, -0.1) is 10.2 Å². The summed E-state index contributed by atoms with van der Waals surface area (Å²) in [6.45, 7) is 6.81. The highest BCUT2D eigenvalue weighted by molar-refractivity contribution is 7.99. The fourth-order valence-electron chi connectivity index (χ4n) is 4.81. The molecule has 1 amide bonds. The van der Waals surface area contributed by atoms with E-state index in [1.54, 1.807) is 0 Å². The van der Waals surface area contributed by atoms with Crippen molar-refractivity contribution in [2.75, 3.05) is 36.9 Å². The van der Waals surface area contributed by atoms with Gasteiger partial charge in [-0.25, -0.2) is 0 Å². The Morgan fingerprint density at radius 3 is 2.63 bits per heavy atom. The minimum Gasteiger partial charge on any atom is -0.376 e. The first-order valence-corrected chi connectivity index (χ1v) is 12.9. The van der Waals surface area contributed by atoms with Gasteiger partial charge < -0.3 is 15.0 Å². The lowest BCUT2D eigenvalue weighted by Gasteiger charge is -2.31. The third-order valence-corrected chi connectivity index (χ3v) is 7.79. The molecule has 0 spiro atoms. The number of aromatic nitrogens is 3. The predicted molar refractivity (Wildman–Crippen MR) is 120 cm³/mol. The summed E-state index contributed by atoms with van der Waals surface area (Å²) in [6.07, 6.45) is 11.3. The molecule has 1 N–H and O–H groups in total. The molecule has 1 saturated carbocycles. The highest BCUT2D eigenvalue weighted by atomic mass is 32.2. The molecule has 1 atom stereocenters. The number of anilines is 1. The van der Waals surface area contributed by atoms with Gasteiger partial charge in [0.05, 0.1) is 18.4 Å². The second kappa shape index (κ2) is 10.8. The molecule has 1 aliphatic carbocycles. The first-order chi connectivity index (χ1) is 14.7. The highest BCUT2D eigenvalue weighted by Gasteiger charge is 2.26. The Kier molecular flexibility index (Phi) is 7.93. The van der Waals surface area contributed by atoms with E-state index < -0.39 is 0 Å². The minimum atomic E-state index is 0.102. The molecule has 7 nitrogen and oxygen atoms in total. The van der Waals surface area contributed by atoms with Gasteiger partial charge in [0.25, 0.3) is 0 Å². The lowest BCUT2D eigenvalue weighted by atomic mass is 9.89. The van der Waals surface area contributed by atoms with E-state index in [4.69, 9.17) is 4.74 Å². The Hall–Kier alpha value is -1.28. The molecule has 3 aliphatic rings. The first kappa shape index (κ1) is 21.9. The molecule has 168 valence electrons. The molecular formula is C22H37N5O2S. The van der Waals surface area contributed by atoms with Gasteiger partial charge in [0.15, 0.2) is 5.16 Å².